The standard InChI is InChI=1S/C13H19FN2/c1-2-13(16-9-7-15-8-10-16)11-3-5-12(14)6-4-11/h3-6,13,15H,2,7-10H2,1H3/t13-/m1/s1. The van der Waals surface area contributed by atoms with Crippen molar-refractivity contribution in [2.45, 2.75) is 19.4 Å². The van der Waals surface area contributed by atoms with E-state index >= 15 is 0 Å². The van der Waals surface area contributed by atoms with Crippen LogP contribution in [0.15, 0.2) is 24.3 Å². The minimum atomic E-state index is -0.154. The minimum absolute atomic E-state index is 0.154. The van der Waals surface area contributed by atoms with Crippen LogP contribution in [0.3, 0.4) is 0 Å². The summed E-state index contributed by atoms with van der Waals surface area (Å²) in [6, 6.07) is 7.36. The third-order valence-electron chi connectivity index (χ3n) is 3.23. The zero-order valence-electron chi connectivity index (χ0n) is 9.75. The first-order chi connectivity index (χ1) is 7.81. The van der Waals surface area contributed by atoms with Gasteiger partial charge >= 0.3 is 0 Å². The third-order valence-corrected chi connectivity index (χ3v) is 3.23. The van der Waals surface area contributed by atoms with Gasteiger partial charge < -0.3 is 5.32 Å². The van der Waals surface area contributed by atoms with Crippen molar-refractivity contribution < 1.29 is 4.39 Å². The Labute approximate surface area is 96.5 Å². The molecule has 0 spiro atoms. The van der Waals surface area contributed by atoms with Crippen molar-refractivity contribution in [1.29, 1.82) is 0 Å². The van der Waals surface area contributed by atoms with Gasteiger partial charge in [0.25, 0.3) is 0 Å². The van der Waals surface area contributed by atoms with Crippen LogP contribution in [0.1, 0.15) is 24.9 Å². The molecule has 1 aromatic rings. The van der Waals surface area contributed by atoms with Crippen molar-refractivity contribution in [1.82, 2.24) is 10.2 Å². The van der Waals surface area contributed by atoms with E-state index in [9.17, 15) is 4.39 Å². The number of hydrogen-bond donors (Lipinski definition) is 1. The van der Waals surface area contributed by atoms with Gasteiger partial charge in [-0.3, -0.25) is 4.90 Å². The Morgan fingerprint density at radius 2 is 1.88 bits per heavy atom. The summed E-state index contributed by atoms with van der Waals surface area (Å²) in [6.07, 6.45) is 1.08. The SMILES string of the molecule is CC[C@H](c1ccc(F)cc1)N1CCNCC1. The fourth-order valence-corrected chi connectivity index (χ4v) is 2.38. The van der Waals surface area contributed by atoms with E-state index in [0.29, 0.717) is 6.04 Å². The molecule has 1 heterocycles. The van der Waals surface area contributed by atoms with Crippen LogP contribution in [-0.4, -0.2) is 31.1 Å². The average molecular weight is 222 g/mol. The number of rotatable bonds is 3. The molecule has 2 nitrogen and oxygen atoms in total. The maximum Gasteiger partial charge on any atom is 0.123 e. The van der Waals surface area contributed by atoms with E-state index in [2.05, 4.69) is 17.1 Å². The van der Waals surface area contributed by atoms with Crippen molar-refractivity contribution in [3.05, 3.63) is 35.6 Å². The largest absolute Gasteiger partial charge is 0.314 e. The van der Waals surface area contributed by atoms with Gasteiger partial charge in [-0.1, -0.05) is 19.1 Å². The molecule has 1 N–H and O–H groups in total. The topological polar surface area (TPSA) is 15.3 Å². The second-order valence-electron chi connectivity index (χ2n) is 4.26. The summed E-state index contributed by atoms with van der Waals surface area (Å²) in [4.78, 5) is 2.48. The molecule has 88 valence electrons. The maximum absolute atomic E-state index is 12.9. The lowest BCUT2D eigenvalue weighted by Crippen LogP contribution is -2.45. The molecule has 3 heteroatoms. The van der Waals surface area contributed by atoms with Crippen LogP contribution in [0.5, 0.6) is 0 Å². The van der Waals surface area contributed by atoms with Crippen LogP contribution in [0, 0.1) is 5.82 Å². The summed E-state index contributed by atoms with van der Waals surface area (Å²) in [6.45, 7) is 6.46. The highest BCUT2D eigenvalue weighted by Crippen LogP contribution is 2.24. The summed E-state index contributed by atoms with van der Waals surface area (Å²) < 4.78 is 12.9. The Morgan fingerprint density at radius 1 is 1.25 bits per heavy atom. The molecule has 0 unspecified atom stereocenters. The Morgan fingerprint density at radius 3 is 2.44 bits per heavy atom. The Balaban J connectivity index is 2.11. The van der Waals surface area contributed by atoms with Crippen LogP contribution in [0.25, 0.3) is 0 Å². The van der Waals surface area contributed by atoms with Gasteiger partial charge in [-0.2, -0.15) is 0 Å². The normalized spacial score (nSPS) is 19.6. The van der Waals surface area contributed by atoms with Crippen LogP contribution in [-0.2, 0) is 0 Å². The highest BCUT2D eigenvalue weighted by Gasteiger charge is 2.20. The van der Waals surface area contributed by atoms with Gasteiger partial charge in [0.15, 0.2) is 0 Å². The Bertz CT molecular complexity index is 317. The number of hydrogen-bond acceptors (Lipinski definition) is 2. The lowest BCUT2D eigenvalue weighted by molar-refractivity contribution is 0.169. The first-order valence-electron chi connectivity index (χ1n) is 6.01. The Hall–Kier alpha value is -0.930. The minimum Gasteiger partial charge on any atom is -0.314 e. The van der Waals surface area contributed by atoms with E-state index < -0.39 is 0 Å². The molecule has 2 rings (SSSR count). The van der Waals surface area contributed by atoms with Crippen molar-refractivity contribution in [2.24, 2.45) is 0 Å². The van der Waals surface area contributed by atoms with Gasteiger partial charge in [0.05, 0.1) is 0 Å². The fraction of sp³-hybridized carbons (Fsp3) is 0.538. The van der Waals surface area contributed by atoms with Crippen molar-refractivity contribution in [2.75, 3.05) is 26.2 Å². The predicted octanol–water partition coefficient (Wildman–Crippen LogP) is 2.18. The quantitative estimate of drug-likeness (QED) is 0.843. The van der Waals surface area contributed by atoms with Gasteiger partial charge in [-0.05, 0) is 24.1 Å². The molecule has 1 atom stereocenters. The zero-order chi connectivity index (χ0) is 11.4. The Kier molecular flexibility index (Phi) is 3.91. The number of piperazine rings is 1. The van der Waals surface area contributed by atoms with Crippen molar-refractivity contribution in [3.8, 4) is 0 Å². The van der Waals surface area contributed by atoms with Gasteiger partial charge in [-0.15, -0.1) is 0 Å². The molecular weight excluding hydrogens is 203 g/mol. The predicted molar refractivity (Wildman–Crippen MR) is 63.9 cm³/mol. The van der Waals surface area contributed by atoms with Crippen LogP contribution < -0.4 is 5.32 Å². The van der Waals surface area contributed by atoms with E-state index in [-0.39, 0.29) is 5.82 Å². The van der Waals surface area contributed by atoms with Gasteiger partial charge in [0, 0.05) is 32.2 Å². The second-order valence-corrected chi connectivity index (χ2v) is 4.26. The van der Waals surface area contributed by atoms with Crippen LogP contribution in [0.2, 0.25) is 0 Å². The molecule has 16 heavy (non-hydrogen) atoms. The molecule has 1 aromatic carbocycles. The second kappa shape index (κ2) is 5.41. The molecule has 0 radical (unpaired) electrons. The smallest absolute Gasteiger partial charge is 0.123 e. The van der Waals surface area contributed by atoms with Gasteiger partial charge in [0.1, 0.15) is 5.82 Å². The molecule has 1 aliphatic rings. The number of nitrogens with zero attached hydrogens (tertiary/aromatic N) is 1. The van der Waals surface area contributed by atoms with E-state index in [4.69, 9.17) is 0 Å². The van der Waals surface area contributed by atoms with Crippen LogP contribution >= 0.6 is 0 Å². The summed E-state index contributed by atoms with van der Waals surface area (Å²) in [7, 11) is 0. The number of benzene rings is 1. The van der Waals surface area contributed by atoms with Gasteiger partial charge in [-0.25, -0.2) is 4.39 Å². The molecule has 1 aliphatic heterocycles. The zero-order valence-corrected chi connectivity index (χ0v) is 9.75. The molecule has 0 aliphatic carbocycles. The molecule has 0 saturated carbocycles. The molecule has 0 bridgehead atoms. The van der Waals surface area contributed by atoms with E-state index in [1.807, 2.05) is 12.1 Å². The monoisotopic (exact) mass is 222 g/mol. The van der Waals surface area contributed by atoms with E-state index in [1.54, 1.807) is 12.1 Å². The first-order valence-corrected chi connectivity index (χ1v) is 6.01. The molecule has 1 saturated heterocycles. The lowest BCUT2D eigenvalue weighted by Gasteiger charge is -2.34. The fourth-order valence-electron chi connectivity index (χ4n) is 2.38. The lowest BCUT2D eigenvalue weighted by atomic mass is 10.0. The van der Waals surface area contributed by atoms with Crippen molar-refractivity contribution >= 4 is 0 Å². The van der Waals surface area contributed by atoms with Crippen molar-refractivity contribution in [3.63, 3.8) is 0 Å². The number of halogens is 1. The first kappa shape index (κ1) is 11.6. The van der Waals surface area contributed by atoms with Crippen LogP contribution in [0.4, 0.5) is 4.39 Å². The average Bonchev–Trinajstić information content (AvgIpc) is 2.34. The summed E-state index contributed by atoms with van der Waals surface area (Å²) >= 11 is 0. The van der Waals surface area contributed by atoms with Gasteiger partial charge in [0.2, 0.25) is 0 Å². The van der Waals surface area contributed by atoms with E-state index in [1.165, 1.54) is 5.56 Å². The van der Waals surface area contributed by atoms with E-state index in [0.717, 1.165) is 32.6 Å². The summed E-state index contributed by atoms with van der Waals surface area (Å²) in [5, 5.41) is 3.35. The third kappa shape index (κ3) is 2.60. The molecule has 0 amide bonds. The highest BCUT2D eigenvalue weighted by atomic mass is 19.1. The molecule has 1 fully saturated rings. The highest BCUT2D eigenvalue weighted by molar-refractivity contribution is 5.20. The maximum atomic E-state index is 12.9. The summed E-state index contributed by atoms with van der Waals surface area (Å²) in [5.74, 6) is -0.154. The number of nitrogens with one attached hydrogen (secondary N) is 1. The molecular formula is C13H19FN2. The summed E-state index contributed by atoms with van der Waals surface area (Å²) in [5.41, 5.74) is 1.23. The molecule has 0 aromatic heterocycles.